The van der Waals surface area contributed by atoms with Gasteiger partial charge in [0.25, 0.3) is 11.8 Å². The van der Waals surface area contributed by atoms with Crippen LogP contribution in [0.2, 0.25) is 0 Å². The van der Waals surface area contributed by atoms with Gasteiger partial charge in [0.1, 0.15) is 5.75 Å². The number of carbonyl (C=O) groups is 3. The first kappa shape index (κ1) is 17.9. The summed E-state index contributed by atoms with van der Waals surface area (Å²) in [4.78, 5) is 37.2. The minimum atomic E-state index is -0.567. The lowest BCUT2D eigenvalue weighted by Crippen LogP contribution is -2.34. The summed E-state index contributed by atoms with van der Waals surface area (Å²) < 4.78 is 5.51. The molecule has 0 spiro atoms. The Morgan fingerprint density at radius 1 is 1.00 bits per heavy atom. The van der Waals surface area contributed by atoms with E-state index in [1.54, 1.807) is 24.3 Å². The van der Waals surface area contributed by atoms with Crippen molar-refractivity contribution in [3.05, 3.63) is 76.5 Å². The van der Waals surface area contributed by atoms with Crippen LogP contribution >= 0.6 is 11.6 Å². The van der Waals surface area contributed by atoms with Gasteiger partial charge in [-0.2, -0.15) is 0 Å². The van der Waals surface area contributed by atoms with E-state index in [1.165, 1.54) is 6.92 Å². The van der Waals surface area contributed by atoms with Gasteiger partial charge in [-0.25, -0.2) is 0 Å². The predicted octanol–water partition coefficient (Wildman–Crippen LogP) is 3.33. The molecular weight excluding hydrogens is 354 g/mol. The highest BCUT2D eigenvalue weighted by Crippen LogP contribution is 2.27. The number of hydrogen-bond donors (Lipinski definition) is 0. The molecule has 0 N–H and O–H groups in total. The summed E-state index contributed by atoms with van der Waals surface area (Å²) >= 11 is 6.02. The Balaban J connectivity index is 1.71. The number of nitrogens with zero attached hydrogens (tertiary/aromatic N) is 1. The van der Waals surface area contributed by atoms with Crippen molar-refractivity contribution in [1.82, 2.24) is 4.90 Å². The van der Waals surface area contributed by atoms with Crippen molar-refractivity contribution in [2.45, 2.75) is 13.3 Å². The van der Waals surface area contributed by atoms with Crippen LogP contribution in [0.15, 0.2) is 65.4 Å². The monoisotopic (exact) mass is 369 g/mol. The molecule has 2 aromatic rings. The summed E-state index contributed by atoms with van der Waals surface area (Å²) in [5, 5.41) is -0.237. The van der Waals surface area contributed by atoms with Crippen LogP contribution in [0, 0.1) is 0 Å². The maximum atomic E-state index is 12.5. The summed E-state index contributed by atoms with van der Waals surface area (Å²) in [5.74, 6) is -1.07. The molecule has 0 atom stereocenters. The van der Waals surface area contributed by atoms with E-state index in [0.717, 1.165) is 10.5 Å². The predicted molar refractivity (Wildman–Crippen MR) is 96.8 cm³/mol. The van der Waals surface area contributed by atoms with E-state index in [4.69, 9.17) is 16.3 Å². The zero-order valence-electron chi connectivity index (χ0n) is 14.1. The minimum absolute atomic E-state index is 0.0759. The lowest BCUT2D eigenvalue weighted by Gasteiger charge is -2.14. The second kappa shape index (κ2) is 7.54. The minimum Gasteiger partial charge on any atom is -0.450 e. The van der Waals surface area contributed by atoms with E-state index in [2.05, 4.69) is 0 Å². The number of ketones is 1. The molecule has 0 radical (unpaired) electrons. The molecule has 6 heteroatoms. The van der Waals surface area contributed by atoms with E-state index in [-0.39, 0.29) is 23.1 Å². The highest BCUT2D eigenvalue weighted by Gasteiger charge is 2.39. The molecule has 0 saturated carbocycles. The molecule has 132 valence electrons. The number of halogens is 1. The molecule has 0 saturated heterocycles. The average molecular weight is 370 g/mol. The fourth-order valence-corrected chi connectivity index (χ4v) is 2.80. The van der Waals surface area contributed by atoms with Crippen molar-refractivity contribution < 1.29 is 19.1 Å². The van der Waals surface area contributed by atoms with Crippen molar-refractivity contribution in [2.24, 2.45) is 0 Å². The van der Waals surface area contributed by atoms with Crippen molar-refractivity contribution in [3.63, 3.8) is 0 Å². The molecule has 1 aliphatic heterocycles. The molecule has 0 aliphatic carbocycles. The van der Waals surface area contributed by atoms with E-state index >= 15 is 0 Å². The van der Waals surface area contributed by atoms with Gasteiger partial charge < -0.3 is 4.74 Å². The lowest BCUT2D eigenvalue weighted by atomic mass is 10.1. The van der Waals surface area contributed by atoms with E-state index in [1.807, 2.05) is 30.3 Å². The first-order valence-corrected chi connectivity index (χ1v) is 8.44. The number of amides is 2. The van der Waals surface area contributed by atoms with Gasteiger partial charge in [0.2, 0.25) is 5.76 Å². The van der Waals surface area contributed by atoms with Crippen LogP contribution in [-0.2, 0) is 16.0 Å². The van der Waals surface area contributed by atoms with Gasteiger partial charge in [-0.3, -0.25) is 19.3 Å². The topological polar surface area (TPSA) is 63.7 Å². The number of benzene rings is 2. The Hall–Kier alpha value is -2.92. The SMILES string of the molecule is CC(=O)c1ccc(OC2=C(Cl)C(=O)N(CCc3ccccc3)C2=O)cc1. The van der Waals surface area contributed by atoms with E-state index in [0.29, 0.717) is 17.7 Å². The standard InChI is InChI=1S/C20H16ClNO4/c1-13(23)15-7-9-16(10-8-15)26-18-17(21)19(24)22(20(18)25)12-11-14-5-3-2-4-6-14/h2-10H,11-12H2,1H3. The van der Waals surface area contributed by atoms with Gasteiger partial charge in [-0.05, 0) is 43.2 Å². The van der Waals surface area contributed by atoms with Crippen LogP contribution in [0.4, 0.5) is 0 Å². The lowest BCUT2D eigenvalue weighted by molar-refractivity contribution is -0.138. The fourth-order valence-electron chi connectivity index (χ4n) is 2.58. The number of Topliss-reactive ketones (excluding diaryl/α,β-unsaturated/α-hetero) is 1. The van der Waals surface area contributed by atoms with Crippen molar-refractivity contribution >= 4 is 29.2 Å². The molecule has 0 bridgehead atoms. The summed E-state index contributed by atoms with van der Waals surface area (Å²) in [5.41, 5.74) is 1.54. The van der Waals surface area contributed by atoms with E-state index in [9.17, 15) is 14.4 Å². The largest absolute Gasteiger partial charge is 0.450 e. The van der Waals surface area contributed by atoms with Gasteiger partial charge in [0.15, 0.2) is 10.8 Å². The zero-order chi connectivity index (χ0) is 18.7. The normalized spacial score (nSPS) is 14.2. The van der Waals surface area contributed by atoms with Gasteiger partial charge in [-0.15, -0.1) is 0 Å². The molecule has 2 aromatic carbocycles. The van der Waals surface area contributed by atoms with Gasteiger partial charge in [0, 0.05) is 12.1 Å². The van der Waals surface area contributed by atoms with Crippen LogP contribution in [0.3, 0.4) is 0 Å². The molecule has 0 unspecified atom stereocenters. The third-order valence-corrected chi connectivity index (χ3v) is 4.35. The van der Waals surface area contributed by atoms with Crippen LogP contribution in [-0.4, -0.2) is 29.0 Å². The number of imide groups is 1. The number of carbonyl (C=O) groups excluding carboxylic acids is 3. The van der Waals surface area contributed by atoms with Gasteiger partial charge in [-0.1, -0.05) is 41.9 Å². The third kappa shape index (κ3) is 3.68. The zero-order valence-corrected chi connectivity index (χ0v) is 14.8. The van der Waals surface area contributed by atoms with Crippen LogP contribution in [0.5, 0.6) is 5.75 Å². The molecule has 5 nitrogen and oxygen atoms in total. The summed E-state index contributed by atoms with van der Waals surface area (Å²) in [7, 11) is 0. The Morgan fingerprint density at radius 3 is 2.27 bits per heavy atom. The molecule has 26 heavy (non-hydrogen) atoms. The second-order valence-corrected chi connectivity index (χ2v) is 6.20. The Morgan fingerprint density at radius 2 is 1.65 bits per heavy atom. The summed E-state index contributed by atoms with van der Waals surface area (Å²) in [6, 6.07) is 15.8. The number of ether oxygens (including phenoxy) is 1. The quantitative estimate of drug-likeness (QED) is 0.578. The molecule has 2 amide bonds. The third-order valence-electron chi connectivity index (χ3n) is 4.02. The van der Waals surface area contributed by atoms with Crippen molar-refractivity contribution in [3.8, 4) is 5.75 Å². The summed E-state index contributed by atoms with van der Waals surface area (Å²) in [6.07, 6.45) is 0.531. The average Bonchev–Trinajstić information content (AvgIpc) is 2.85. The fraction of sp³-hybridized carbons (Fsp3) is 0.150. The Kier molecular flexibility index (Phi) is 5.19. The first-order chi connectivity index (χ1) is 12.5. The van der Waals surface area contributed by atoms with Crippen molar-refractivity contribution in [1.29, 1.82) is 0 Å². The molecule has 0 fully saturated rings. The van der Waals surface area contributed by atoms with Crippen LogP contribution in [0.1, 0.15) is 22.8 Å². The molecule has 0 aromatic heterocycles. The van der Waals surface area contributed by atoms with Crippen LogP contribution in [0.25, 0.3) is 0 Å². The molecule has 3 rings (SSSR count). The second-order valence-electron chi connectivity index (χ2n) is 5.82. The Labute approximate surface area is 155 Å². The highest BCUT2D eigenvalue weighted by molar-refractivity contribution is 6.47. The van der Waals surface area contributed by atoms with Crippen molar-refractivity contribution in [2.75, 3.05) is 6.54 Å². The molecular formula is C20H16ClNO4. The molecule has 1 heterocycles. The maximum Gasteiger partial charge on any atom is 0.298 e. The van der Waals surface area contributed by atoms with Gasteiger partial charge >= 0.3 is 0 Å². The first-order valence-electron chi connectivity index (χ1n) is 8.06. The number of rotatable bonds is 6. The highest BCUT2D eigenvalue weighted by atomic mass is 35.5. The number of hydrogen-bond acceptors (Lipinski definition) is 4. The van der Waals surface area contributed by atoms with Crippen LogP contribution < -0.4 is 4.74 Å². The van der Waals surface area contributed by atoms with E-state index < -0.39 is 11.8 Å². The Bertz CT molecular complexity index is 888. The molecule has 1 aliphatic rings. The summed E-state index contributed by atoms with van der Waals surface area (Å²) in [6.45, 7) is 1.67. The maximum absolute atomic E-state index is 12.5. The smallest absolute Gasteiger partial charge is 0.298 e. The van der Waals surface area contributed by atoms with Gasteiger partial charge in [0.05, 0.1) is 0 Å².